The van der Waals surface area contributed by atoms with Gasteiger partial charge in [-0.2, -0.15) is 0 Å². The van der Waals surface area contributed by atoms with Gasteiger partial charge in [0.05, 0.1) is 36.2 Å². The number of ether oxygens (including phenoxy) is 1. The van der Waals surface area contributed by atoms with Crippen LogP contribution in [0.2, 0.25) is 0 Å². The lowest BCUT2D eigenvalue weighted by atomic mass is 10.0. The first-order chi connectivity index (χ1) is 14.5. The van der Waals surface area contributed by atoms with Crippen molar-refractivity contribution in [2.45, 2.75) is 32.2 Å². The van der Waals surface area contributed by atoms with E-state index in [1.807, 2.05) is 31.2 Å². The number of aromatic amines is 1. The van der Waals surface area contributed by atoms with Gasteiger partial charge in [-0.3, -0.25) is 4.79 Å². The average Bonchev–Trinajstić information content (AvgIpc) is 3.18. The van der Waals surface area contributed by atoms with E-state index in [1.165, 1.54) is 12.7 Å². The van der Waals surface area contributed by atoms with Gasteiger partial charge in [0.25, 0.3) is 5.56 Å². The largest absolute Gasteiger partial charge is 0.465 e. The van der Waals surface area contributed by atoms with Crippen LogP contribution in [-0.4, -0.2) is 29.6 Å². The average molecular weight is 401 g/mol. The Hall–Kier alpha value is -3.59. The predicted octanol–water partition coefficient (Wildman–Crippen LogP) is 3.40. The van der Waals surface area contributed by atoms with Gasteiger partial charge in [-0.15, -0.1) is 6.42 Å². The number of fused-ring (bicyclic) bond motifs is 2. The van der Waals surface area contributed by atoms with E-state index in [0.717, 1.165) is 29.6 Å². The molecule has 3 aromatic rings. The minimum absolute atomic E-state index is 0.0506. The molecule has 6 nitrogen and oxygen atoms in total. The minimum atomic E-state index is -0.374. The van der Waals surface area contributed by atoms with Crippen molar-refractivity contribution in [1.29, 1.82) is 0 Å². The van der Waals surface area contributed by atoms with Crippen molar-refractivity contribution in [3.63, 3.8) is 0 Å². The summed E-state index contributed by atoms with van der Waals surface area (Å²) in [5.41, 5.74) is 4.33. The van der Waals surface area contributed by atoms with Gasteiger partial charge in [0.2, 0.25) is 0 Å². The SMILES string of the molecule is C#CCN(c1ccc(C(=O)OC)cc1)[C@H]1CCc2cc3nc(CC)[nH]c(=O)c3cc21. The first kappa shape index (κ1) is 19.7. The number of hydrogen-bond donors (Lipinski definition) is 1. The van der Waals surface area contributed by atoms with Crippen LogP contribution >= 0.6 is 0 Å². The summed E-state index contributed by atoms with van der Waals surface area (Å²) in [6, 6.07) is 11.3. The molecule has 1 atom stereocenters. The van der Waals surface area contributed by atoms with Gasteiger partial charge < -0.3 is 14.6 Å². The summed E-state index contributed by atoms with van der Waals surface area (Å²) in [6.07, 6.45) is 8.14. The summed E-state index contributed by atoms with van der Waals surface area (Å²) in [4.78, 5) is 33.9. The van der Waals surface area contributed by atoms with Crippen molar-refractivity contribution in [2.75, 3.05) is 18.6 Å². The maximum absolute atomic E-state index is 12.6. The predicted molar refractivity (Wildman–Crippen MR) is 117 cm³/mol. The number of rotatable bonds is 5. The zero-order valence-corrected chi connectivity index (χ0v) is 17.1. The fraction of sp³-hybridized carbons (Fsp3) is 0.292. The Morgan fingerprint density at radius 3 is 2.77 bits per heavy atom. The van der Waals surface area contributed by atoms with Crippen molar-refractivity contribution in [1.82, 2.24) is 9.97 Å². The number of H-pyrrole nitrogens is 1. The molecule has 1 aliphatic carbocycles. The van der Waals surface area contributed by atoms with Crippen molar-refractivity contribution in [3.8, 4) is 12.3 Å². The highest BCUT2D eigenvalue weighted by Crippen LogP contribution is 2.39. The molecule has 1 N–H and O–H groups in total. The summed E-state index contributed by atoms with van der Waals surface area (Å²) >= 11 is 0. The molecule has 0 bridgehead atoms. The van der Waals surface area contributed by atoms with Crippen LogP contribution in [0.25, 0.3) is 10.9 Å². The van der Waals surface area contributed by atoms with E-state index >= 15 is 0 Å². The molecule has 0 radical (unpaired) electrons. The zero-order valence-electron chi connectivity index (χ0n) is 17.1. The molecule has 0 aliphatic heterocycles. The zero-order chi connectivity index (χ0) is 21.3. The van der Waals surface area contributed by atoms with Gasteiger partial charge in [0.15, 0.2) is 0 Å². The number of nitrogens with one attached hydrogen (secondary N) is 1. The van der Waals surface area contributed by atoms with Crippen LogP contribution in [-0.2, 0) is 17.6 Å². The van der Waals surface area contributed by atoms with Gasteiger partial charge in [-0.05, 0) is 60.4 Å². The molecule has 0 fully saturated rings. The summed E-state index contributed by atoms with van der Waals surface area (Å²) < 4.78 is 4.78. The maximum Gasteiger partial charge on any atom is 0.337 e. The Morgan fingerprint density at radius 1 is 1.33 bits per heavy atom. The molecule has 0 spiro atoms. The van der Waals surface area contributed by atoms with Crippen molar-refractivity contribution < 1.29 is 9.53 Å². The highest BCUT2D eigenvalue weighted by molar-refractivity contribution is 5.89. The summed E-state index contributed by atoms with van der Waals surface area (Å²) in [7, 11) is 1.36. The number of hydrogen-bond acceptors (Lipinski definition) is 5. The summed E-state index contributed by atoms with van der Waals surface area (Å²) in [5, 5.41) is 0.597. The molecule has 1 aliphatic rings. The number of carbonyl (C=O) groups excluding carboxylic acids is 1. The lowest BCUT2D eigenvalue weighted by Crippen LogP contribution is -2.28. The van der Waals surface area contributed by atoms with Crippen LogP contribution in [0.5, 0.6) is 0 Å². The summed E-state index contributed by atoms with van der Waals surface area (Å²) in [5.74, 6) is 3.06. The molecule has 1 heterocycles. The van der Waals surface area contributed by atoms with E-state index in [9.17, 15) is 9.59 Å². The molecule has 0 unspecified atom stereocenters. The van der Waals surface area contributed by atoms with Gasteiger partial charge >= 0.3 is 5.97 Å². The molecule has 152 valence electrons. The Bertz CT molecular complexity index is 1210. The van der Waals surface area contributed by atoms with Gasteiger partial charge in [-0.1, -0.05) is 12.8 Å². The Labute approximate surface area is 174 Å². The second kappa shape index (κ2) is 8.03. The van der Waals surface area contributed by atoms with Crippen molar-refractivity contribution in [2.24, 2.45) is 0 Å². The second-order valence-corrected chi connectivity index (χ2v) is 7.36. The van der Waals surface area contributed by atoms with E-state index in [0.29, 0.717) is 29.7 Å². The first-order valence-corrected chi connectivity index (χ1v) is 10.00. The van der Waals surface area contributed by atoms with E-state index in [4.69, 9.17) is 11.2 Å². The third-order valence-electron chi connectivity index (χ3n) is 5.65. The van der Waals surface area contributed by atoms with E-state index < -0.39 is 0 Å². The van der Waals surface area contributed by atoms with Crippen molar-refractivity contribution >= 4 is 22.6 Å². The molecular weight excluding hydrogens is 378 g/mol. The molecule has 6 heteroatoms. The number of terminal acetylenes is 1. The Kier molecular flexibility index (Phi) is 5.28. The molecular formula is C24H23N3O3. The first-order valence-electron chi connectivity index (χ1n) is 10.00. The van der Waals surface area contributed by atoms with Gasteiger partial charge in [-0.25, -0.2) is 9.78 Å². The minimum Gasteiger partial charge on any atom is -0.465 e. The number of nitrogens with zero attached hydrogens (tertiary/aromatic N) is 2. The standard InChI is InChI=1S/C24H23N3O3/c1-4-12-27(17-9-6-15(7-10-17)24(29)30-3)21-11-8-16-13-20-19(14-18(16)21)23(28)26-22(5-2)25-20/h1,6-7,9-10,13-14,21H,5,8,11-12H2,2-3H3,(H,25,26,28)/t21-/m0/s1. The van der Waals surface area contributed by atoms with Crippen LogP contribution in [0.3, 0.4) is 0 Å². The number of aryl methyl sites for hydroxylation is 2. The second-order valence-electron chi connectivity index (χ2n) is 7.36. The van der Waals surface area contributed by atoms with E-state index in [1.54, 1.807) is 12.1 Å². The monoisotopic (exact) mass is 401 g/mol. The van der Waals surface area contributed by atoms with Crippen LogP contribution in [0.15, 0.2) is 41.2 Å². The smallest absolute Gasteiger partial charge is 0.337 e. The van der Waals surface area contributed by atoms with Gasteiger partial charge in [0, 0.05) is 12.1 Å². The molecule has 4 rings (SSSR count). The van der Waals surface area contributed by atoms with Crippen LogP contribution < -0.4 is 10.5 Å². The number of anilines is 1. The highest BCUT2D eigenvalue weighted by Gasteiger charge is 2.29. The fourth-order valence-corrected chi connectivity index (χ4v) is 4.15. The number of benzene rings is 2. The number of methoxy groups -OCH3 is 1. The Morgan fingerprint density at radius 2 is 2.10 bits per heavy atom. The maximum atomic E-state index is 12.6. The van der Waals surface area contributed by atoms with Crippen LogP contribution in [0.1, 0.15) is 46.7 Å². The van der Waals surface area contributed by atoms with E-state index in [-0.39, 0.29) is 17.6 Å². The molecule has 30 heavy (non-hydrogen) atoms. The molecule has 1 aromatic heterocycles. The molecule has 2 aromatic carbocycles. The lowest BCUT2D eigenvalue weighted by molar-refractivity contribution is 0.0601. The lowest BCUT2D eigenvalue weighted by Gasteiger charge is -2.30. The topological polar surface area (TPSA) is 75.3 Å². The number of carbonyl (C=O) groups is 1. The molecule has 0 saturated carbocycles. The van der Waals surface area contributed by atoms with Crippen molar-refractivity contribution in [3.05, 3.63) is 69.3 Å². The quantitative estimate of drug-likeness (QED) is 0.524. The molecule has 0 saturated heterocycles. The van der Waals surface area contributed by atoms with Crippen LogP contribution in [0.4, 0.5) is 5.69 Å². The number of esters is 1. The Balaban J connectivity index is 1.75. The fourth-order valence-electron chi connectivity index (χ4n) is 4.15. The van der Waals surface area contributed by atoms with Gasteiger partial charge in [0.1, 0.15) is 5.82 Å². The number of aromatic nitrogens is 2. The van der Waals surface area contributed by atoms with Crippen LogP contribution in [0, 0.1) is 12.3 Å². The summed E-state index contributed by atoms with van der Waals surface area (Å²) in [6.45, 7) is 2.39. The highest BCUT2D eigenvalue weighted by atomic mass is 16.5. The van der Waals surface area contributed by atoms with E-state index in [2.05, 4.69) is 20.8 Å². The third kappa shape index (κ3) is 3.43. The normalized spacial score (nSPS) is 14.9. The molecule has 0 amide bonds. The third-order valence-corrected chi connectivity index (χ3v) is 5.65.